The van der Waals surface area contributed by atoms with Crippen molar-refractivity contribution in [2.24, 2.45) is 5.73 Å². The van der Waals surface area contributed by atoms with Crippen molar-refractivity contribution in [3.63, 3.8) is 0 Å². The maximum absolute atomic E-state index is 5.26. The van der Waals surface area contributed by atoms with Crippen molar-refractivity contribution in [3.05, 3.63) is 17.5 Å². The predicted molar refractivity (Wildman–Crippen MR) is 45.9 cm³/mol. The van der Waals surface area contributed by atoms with Gasteiger partial charge in [0.25, 0.3) is 0 Å². The molecule has 0 aliphatic carbocycles. The molecule has 1 aromatic heterocycles. The summed E-state index contributed by atoms with van der Waals surface area (Å²) in [4.78, 5) is 0. The zero-order chi connectivity index (χ0) is 9.52. The van der Waals surface area contributed by atoms with Gasteiger partial charge in [-0.1, -0.05) is 5.16 Å². The molecule has 0 bridgehead atoms. The van der Waals surface area contributed by atoms with Gasteiger partial charge in [-0.15, -0.1) is 0 Å². The van der Waals surface area contributed by atoms with E-state index in [1.54, 1.807) is 13.2 Å². The SMILES string of the molecule is COCc1cc(COCCN)no1. The van der Waals surface area contributed by atoms with E-state index in [0.717, 1.165) is 5.69 Å². The highest BCUT2D eigenvalue weighted by atomic mass is 16.5. The van der Waals surface area contributed by atoms with Crippen LogP contribution < -0.4 is 5.73 Å². The summed E-state index contributed by atoms with van der Waals surface area (Å²) in [6.07, 6.45) is 0. The molecule has 1 aromatic rings. The molecule has 1 rings (SSSR count). The first-order valence-electron chi connectivity index (χ1n) is 4.08. The Kier molecular flexibility index (Phi) is 4.45. The van der Waals surface area contributed by atoms with Gasteiger partial charge in [0.2, 0.25) is 0 Å². The highest BCUT2D eigenvalue weighted by Crippen LogP contribution is 2.05. The minimum absolute atomic E-state index is 0.434. The molecule has 5 heteroatoms. The van der Waals surface area contributed by atoms with Crippen LogP contribution >= 0.6 is 0 Å². The van der Waals surface area contributed by atoms with Crippen molar-refractivity contribution in [3.8, 4) is 0 Å². The summed E-state index contributed by atoms with van der Waals surface area (Å²) >= 11 is 0. The van der Waals surface area contributed by atoms with Gasteiger partial charge in [0, 0.05) is 19.7 Å². The third-order valence-corrected chi connectivity index (χ3v) is 1.41. The standard InChI is InChI=1S/C8H14N2O3/c1-11-6-8-4-7(10-13-8)5-12-3-2-9/h4H,2-3,5-6,9H2,1H3. The van der Waals surface area contributed by atoms with Gasteiger partial charge in [0.1, 0.15) is 12.3 Å². The van der Waals surface area contributed by atoms with Crippen LogP contribution in [0.5, 0.6) is 0 Å². The zero-order valence-electron chi connectivity index (χ0n) is 7.66. The fourth-order valence-corrected chi connectivity index (χ4v) is 0.894. The molecule has 0 radical (unpaired) electrons. The van der Waals surface area contributed by atoms with E-state index in [1.807, 2.05) is 0 Å². The highest BCUT2D eigenvalue weighted by molar-refractivity contribution is 5.03. The summed E-state index contributed by atoms with van der Waals surface area (Å²) in [5.74, 6) is 0.703. The van der Waals surface area contributed by atoms with Crippen LogP contribution in [0.4, 0.5) is 0 Å². The van der Waals surface area contributed by atoms with E-state index in [0.29, 0.717) is 32.1 Å². The minimum atomic E-state index is 0.434. The zero-order valence-corrected chi connectivity index (χ0v) is 7.66. The second-order valence-corrected chi connectivity index (χ2v) is 2.56. The monoisotopic (exact) mass is 186 g/mol. The normalized spacial score (nSPS) is 10.6. The number of hydrogen-bond acceptors (Lipinski definition) is 5. The maximum atomic E-state index is 5.26. The topological polar surface area (TPSA) is 70.5 Å². The molecule has 13 heavy (non-hydrogen) atoms. The van der Waals surface area contributed by atoms with Crippen LogP contribution in [0.3, 0.4) is 0 Å². The van der Waals surface area contributed by atoms with E-state index in [4.69, 9.17) is 19.7 Å². The number of rotatable bonds is 6. The molecule has 1 heterocycles. The van der Waals surface area contributed by atoms with Crippen LogP contribution in [0.25, 0.3) is 0 Å². The van der Waals surface area contributed by atoms with E-state index in [9.17, 15) is 0 Å². The van der Waals surface area contributed by atoms with Gasteiger partial charge in [0.05, 0.1) is 13.2 Å². The van der Waals surface area contributed by atoms with Crippen LogP contribution in [0.2, 0.25) is 0 Å². The van der Waals surface area contributed by atoms with E-state index in [1.165, 1.54) is 0 Å². The van der Waals surface area contributed by atoms with Gasteiger partial charge in [-0.2, -0.15) is 0 Å². The number of hydrogen-bond donors (Lipinski definition) is 1. The van der Waals surface area contributed by atoms with Crippen molar-refractivity contribution < 1.29 is 14.0 Å². The summed E-state index contributed by atoms with van der Waals surface area (Å²) < 4.78 is 15.0. The number of nitrogens with two attached hydrogens (primary N) is 1. The van der Waals surface area contributed by atoms with E-state index in [2.05, 4.69) is 5.16 Å². The molecule has 74 valence electrons. The maximum Gasteiger partial charge on any atom is 0.162 e. The van der Waals surface area contributed by atoms with Crippen molar-refractivity contribution in [1.29, 1.82) is 0 Å². The van der Waals surface area contributed by atoms with Crippen LogP contribution in [-0.4, -0.2) is 25.4 Å². The molecule has 0 aliphatic heterocycles. The van der Waals surface area contributed by atoms with Gasteiger partial charge in [0.15, 0.2) is 5.76 Å². The first kappa shape index (κ1) is 10.2. The molecule has 0 aliphatic rings. The molecule has 0 atom stereocenters. The molecule has 0 saturated heterocycles. The van der Waals surface area contributed by atoms with E-state index < -0.39 is 0 Å². The van der Waals surface area contributed by atoms with Crippen molar-refractivity contribution in [1.82, 2.24) is 5.16 Å². The van der Waals surface area contributed by atoms with Crippen molar-refractivity contribution in [2.45, 2.75) is 13.2 Å². The largest absolute Gasteiger partial charge is 0.377 e. The summed E-state index contributed by atoms with van der Waals surface area (Å²) in [6, 6.07) is 1.81. The molecule has 0 unspecified atom stereocenters. The fraction of sp³-hybridized carbons (Fsp3) is 0.625. The summed E-state index contributed by atoms with van der Waals surface area (Å²) in [7, 11) is 1.60. The second kappa shape index (κ2) is 5.69. The number of methoxy groups -OCH3 is 1. The lowest BCUT2D eigenvalue weighted by Gasteiger charge is -1.96. The van der Waals surface area contributed by atoms with Gasteiger partial charge < -0.3 is 19.7 Å². The van der Waals surface area contributed by atoms with Gasteiger partial charge >= 0.3 is 0 Å². The van der Waals surface area contributed by atoms with E-state index >= 15 is 0 Å². The van der Waals surface area contributed by atoms with Crippen LogP contribution in [0.15, 0.2) is 10.6 Å². The van der Waals surface area contributed by atoms with Crippen LogP contribution in [0, 0.1) is 0 Å². The quantitative estimate of drug-likeness (QED) is 0.647. The van der Waals surface area contributed by atoms with Gasteiger partial charge in [-0.25, -0.2) is 0 Å². The van der Waals surface area contributed by atoms with Crippen molar-refractivity contribution >= 4 is 0 Å². The van der Waals surface area contributed by atoms with Gasteiger partial charge in [-0.3, -0.25) is 0 Å². The Bertz CT molecular complexity index is 237. The summed E-state index contributed by atoms with van der Waals surface area (Å²) in [5.41, 5.74) is 6.02. The molecule has 0 fully saturated rings. The Labute approximate surface area is 76.8 Å². The van der Waals surface area contributed by atoms with Crippen LogP contribution in [0.1, 0.15) is 11.5 Å². The average Bonchev–Trinajstić information content (AvgIpc) is 2.54. The Morgan fingerprint density at radius 1 is 1.54 bits per heavy atom. The predicted octanol–water partition coefficient (Wildman–Crippen LogP) is 0.296. The Morgan fingerprint density at radius 2 is 2.38 bits per heavy atom. The van der Waals surface area contributed by atoms with Crippen LogP contribution in [-0.2, 0) is 22.7 Å². The first-order chi connectivity index (χ1) is 6.36. The fourth-order valence-electron chi connectivity index (χ4n) is 0.894. The average molecular weight is 186 g/mol. The smallest absolute Gasteiger partial charge is 0.162 e. The number of nitrogens with zero attached hydrogens (tertiary/aromatic N) is 1. The molecule has 0 amide bonds. The number of aromatic nitrogens is 1. The number of ether oxygens (including phenoxy) is 2. The lowest BCUT2D eigenvalue weighted by atomic mass is 10.4. The van der Waals surface area contributed by atoms with Crippen molar-refractivity contribution in [2.75, 3.05) is 20.3 Å². The molecule has 5 nitrogen and oxygen atoms in total. The molecule has 0 saturated carbocycles. The molecule has 0 aromatic carbocycles. The Hall–Kier alpha value is -0.910. The lowest BCUT2D eigenvalue weighted by Crippen LogP contribution is -2.08. The molecular formula is C8H14N2O3. The molecule has 2 N–H and O–H groups in total. The second-order valence-electron chi connectivity index (χ2n) is 2.56. The first-order valence-corrected chi connectivity index (χ1v) is 4.08. The third kappa shape index (κ3) is 3.54. The minimum Gasteiger partial charge on any atom is -0.377 e. The third-order valence-electron chi connectivity index (χ3n) is 1.41. The Balaban J connectivity index is 2.31. The highest BCUT2D eigenvalue weighted by Gasteiger charge is 2.02. The van der Waals surface area contributed by atoms with Gasteiger partial charge in [-0.05, 0) is 0 Å². The molecular weight excluding hydrogens is 172 g/mol. The summed E-state index contributed by atoms with van der Waals surface area (Å²) in [5, 5.41) is 3.79. The summed E-state index contributed by atoms with van der Waals surface area (Å²) in [6.45, 7) is 1.92. The molecule has 0 spiro atoms. The Morgan fingerprint density at radius 3 is 3.08 bits per heavy atom. The lowest BCUT2D eigenvalue weighted by molar-refractivity contribution is 0.122. The van der Waals surface area contributed by atoms with E-state index in [-0.39, 0.29) is 0 Å².